The Morgan fingerprint density at radius 3 is 1.49 bits per heavy atom. The number of phenolic OH excluding ortho intramolecular Hbond substituents is 1. The van der Waals surface area contributed by atoms with Crippen LogP contribution < -0.4 is 64.2 Å². The van der Waals surface area contributed by atoms with E-state index in [4.69, 9.17) is 15.2 Å². The molecule has 0 radical (unpaired) electrons. The minimum Gasteiger partial charge on any atom is -0.508 e. The molecule has 0 unspecified atom stereocenters. The number of nitrogens with two attached hydrogens (primary N) is 1. The van der Waals surface area contributed by atoms with Gasteiger partial charge in [-0.15, -0.1) is 0 Å². The Hall–Kier alpha value is -8.23. The molecule has 2 aliphatic heterocycles. The topological polar surface area (TPSA) is 564 Å². The van der Waals surface area contributed by atoms with Crippen LogP contribution in [0.25, 0.3) is 0 Å². The lowest BCUT2D eigenvalue weighted by Gasteiger charge is -2.42. The van der Waals surface area contributed by atoms with Crippen LogP contribution in [0.1, 0.15) is 87.1 Å². The third-order valence-electron chi connectivity index (χ3n) is 15.1. The van der Waals surface area contributed by atoms with Gasteiger partial charge in [-0.3, -0.25) is 62.3 Å². The molecule has 2 aliphatic rings. The van der Waals surface area contributed by atoms with E-state index in [9.17, 15) is 103 Å². The second-order valence-electron chi connectivity index (χ2n) is 23.9. The van der Waals surface area contributed by atoms with Gasteiger partial charge in [0, 0.05) is 26.8 Å². The molecule has 94 heavy (non-hydrogen) atoms. The van der Waals surface area contributed by atoms with E-state index < -0.39 is 225 Å². The summed E-state index contributed by atoms with van der Waals surface area (Å²) in [7, 11) is 0. The second-order valence-corrected chi connectivity index (χ2v) is 23.9. The van der Waals surface area contributed by atoms with Gasteiger partial charge in [0.05, 0.1) is 39.6 Å². The number of ether oxygens (including phenoxy) is 2. The van der Waals surface area contributed by atoms with Crippen molar-refractivity contribution in [2.45, 2.75) is 185 Å². The van der Waals surface area contributed by atoms with E-state index in [1.807, 2.05) is 0 Å². The summed E-state index contributed by atoms with van der Waals surface area (Å²) in [5.41, 5.74) is 5.93. The Labute approximate surface area is 541 Å². The van der Waals surface area contributed by atoms with Crippen LogP contribution >= 0.6 is 0 Å². The van der Waals surface area contributed by atoms with Crippen molar-refractivity contribution in [1.82, 2.24) is 63.4 Å². The summed E-state index contributed by atoms with van der Waals surface area (Å²) in [6.45, 7) is 6.66. The average Bonchev–Trinajstić information content (AvgIpc) is 1.16. The number of hydrogen-bond donors (Lipinski definition) is 20. The molecule has 36 heteroatoms. The number of amides is 13. The molecular weight excluding hydrogens is 1250 g/mol. The van der Waals surface area contributed by atoms with Crippen LogP contribution in [0.4, 0.5) is 0 Å². The van der Waals surface area contributed by atoms with E-state index in [0.717, 1.165) is 18.7 Å². The Kier molecular flexibility index (Phi) is 32.5. The molecule has 0 aromatic heterocycles. The zero-order valence-corrected chi connectivity index (χ0v) is 53.8. The maximum atomic E-state index is 14.3. The fraction of sp³-hybridized carbons (Fsp3) is 0.672. The number of phenols is 1. The van der Waals surface area contributed by atoms with Crippen molar-refractivity contribution in [3.8, 4) is 5.75 Å². The first-order valence-corrected chi connectivity index (χ1v) is 30.5. The maximum Gasteiger partial charge on any atom is 0.245 e. The lowest BCUT2D eigenvalue weighted by Crippen LogP contribution is -2.65. The first-order valence-electron chi connectivity index (χ1n) is 30.5. The molecule has 0 bridgehead atoms. The molecular formula is C58H93N13O23. The Morgan fingerprint density at radius 2 is 1.02 bits per heavy atom. The first-order chi connectivity index (χ1) is 44.1. The molecule has 13 amide bonds. The van der Waals surface area contributed by atoms with Crippen LogP contribution in [-0.4, -0.2) is 266 Å². The third-order valence-corrected chi connectivity index (χ3v) is 15.1. The third kappa shape index (κ3) is 24.0. The zero-order chi connectivity index (χ0) is 71.0. The van der Waals surface area contributed by atoms with E-state index in [1.54, 1.807) is 27.7 Å². The summed E-state index contributed by atoms with van der Waals surface area (Å²) >= 11 is 0. The van der Waals surface area contributed by atoms with Gasteiger partial charge >= 0.3 is 0 Å². The van der Waals surface area contributed by atoms with Crippen LogP contribution in [0, 0.1) is 17.8 Å². The molecule has 3 rings (SSSR count). The lowest BCUT2D eigenvalue weighted by atomic mass is 9.97. The van der Waals surface area contributed by atoms with Crippen molar-refractivity contribution < 1.29 is 113 Å². The summed E-state index contributed by atoms with van der Waals surface area (Å²) < 4.78 is 11.4. The molecule has 0 saturated carbocycles. The number of benzene rings is 1. The van der Waals surface area contributed by atoms with Gasteiger partial charge in [-0.25, -0.2) is 0 Å². The molecule has 528 valence electrons. The summed E-state index contributed by atoms with van der Waals surface area (Å²) in [4.78, 5) is 175. The molecule has 36 nitrogen and oxygen atoms in total. The molecule has 21 N–H and O–H groups in total. The molecule has 2 saturated heterocycles. The van der Waals surface area contributed by atoms with E-state index >= 15 is 0 Å². The predicted molar refractivity (Wildman–Crippen MR) is 325 cm³/mol. The summed E-state index contributed by atoms with van der Waals surface area (Å²) in [5.74, 6) is -14.5. The number of aliphatic hydroxyl groups excluding tert-OH is 7. The van der Waals surface area contributed by atoms with Crippen LogP contribution in [0.15, 0.2) is 24.3 Å². The maximum absolute atomic E-state index is 14.3. The minimum absolute atomic E-state index is 0.00446. The SMILES string of the molecule is CC(=O)N[C@H]1[C@H](OC[C@H](NC(=O)[C@H](CO)NC(=O)[C@@H](NC(=O)[C@@H]2CCCN2C(=O)[C@H](C)NC(=O)[C@H](CO)NC(=O)[C@H](Cc2ccc(O)cc2)NC(C)=O)C(C)C)C(=O)N[C@@H](CO)C(=O)N[C@@H](CC(C)C)C(=O)N[C@@H](CO)C(=O)N[C@H](C(N)=O)C(C)C)O[C@H](CO)[C@@H](O)[C@@H]1O. The van der Waals surface area contributed by atoms with Gasteiger partial charge in [0.15, 0.2) is 6.29 Å². The average molecular weight is 1340 g/mol. The lowest BCUT2D eigenvalue weighted by molar-refractivity contribution is -0.271. The Morgan fingerprint density at radius 1 is 0.564 bits per heavy atom. The van der Waals surface area contributed by atoms with Crippen molar-refractivity contribution in [3.05, 3.63) is 29.8 Å². The molecule has 0 spiro atoms. The number of rotatable bonds is 36. The number of nitrogens with zero attached hydrogens (tertiary/aromatic N) is 1. The molecule has 16 atom stereocenters. The van der Waals surface area contributed by atoms with Crippen LogP contribution in [-0.2, 0) is 78.2 Å². The summed E-state index contributed by atoms with van der Waals surface area (Å²) in [6, 6.07) is -13.3. The fourth-order valence-corrected chi connectivity index (χ4v) is 9.94. The van der Waals surface area contributed by atoms with Crippen LogP contribution in [0.5, 0.6) is 5.75 Å². The standard InChI is InChI=1S/C58H93N13O23/c1-25(2)17-33(48(83)65-38(22-75)53(88)69-42(26(3)4)47(59)82)63-51(86)36(20-73)66-54(89)39(24-93-58-44(62-30(9)78)46(81)45(80)41(23-76)94-58)68-52(87)37(21-74)67-56(91)43(27(5)6)70-55(90)40-11-10-16-71(40)57(92)28(7)60-50(85)35(19-72)64-49(84)34(61-29(8)77)18-31-12-14-32(79)15-13-31/h12-15,25-28,33-46,58,72-76,79-81H,10-11,16-24H2,1-9H3,(H2,59,82)(H,60,85)(H,61,77)(H,62,78)(H,63,86)(H,64,84)(H,65,83)(H,66,89)(H,67,91)(H,68,87)(H,69,88)(H,70,90)/t28-,33-,34-,35-,36-,37-,38-,39-,40-,41+,42-,43-,44+,45+,46+,58+/m0/s1. The van der Waals surface area contributed by atoms with Crippen molar-refractivity contribution in [1.29, 1.82) is 0 Å². The van der Waals surface area contributed by atoms with Crippen LogP contribution in [0.2, 0.25) is 0 Å². The van der Waals surface area contributed by atoms with Gasteiger partial charge in [-0.1, -0.05) is 53.7 Å². The summed E-state index contributed by atoms with van der Waals surface area (Å²) in [6.07, 6.45) is -6.91. The number of aromatic hydroxyl groups is 1. The summed E-state index contributed by atoms with van der Waals surface area (Å²) in [5, 5.41) is 108. The molecule has 2 heterocycles. The number of nitrogens with one attached hydrogen (secondary N) is 11. The van der Waals surface area contributed by atoms with Gasteiger partial charge in [0.1, 0.15) is 96.6 Å². The number of aliphatic hydroxyl groups is 7. The van der Waals surface area contributed by atoms with E-state index in [2.05, 4.69) is 58.5 Å². The number of primary amides is 1. The van der Waals surface area contributed by atoms with Gasteiger partial charge in [-0.05, 0) is 61.6 Å². The van der Waals surface area contributed by atoms with Crippen molar-refractivity contribution >= 4 is 76.8 Å². The number of carbonyl (C=O) groups excluding carboxylic acids is 13. The van der Waals surface area contributed by atoms with Gasteiger partial charge in [0.25, 0.3) is 0 Å². The van der Waals surface area contributed by atoms with Gasteiger partial charge in [-0.2, -0.15) is 0 Å². The van der Waals surface area contributed by atoms with Crippen molar-refractivity contribution in [2.75, 3.05) is 46.2 Å². The number of carbonyl (C=O) groups is 13. The van der Waals surface area contributed by atoms with Crippen molar-refractivity contribution in [3.63, 3.8) is 0 Å². The Balaban J connectivity index is 1.85. The number of likely N-dealkylation sites (tertiary alicyclic amines) is 1. The Bertz CT molecular complexity index is 2800. The quantitative estimate of drug-likeness (QED) is 0.0297. The van der Waals surface area contributed by atoms with Gasteiger partial charge in [0.2, 0.25) is 76.8 Å². The largest absolute Gasteiger partial charge is 0.508 e. The smallest absolute Gasteiger partial charge is 0.245 e. The number of hydrogen-bond acceptors (Lipinski definition) is 23. The second kappa shape index (κ2) is 38.2. The van der Waals surface area contributed by atoms with E-state index in [0.29, 0.717) is 5.56 Å². The highest BCUT2D eigenvalue weighted by atomic mass is 16.7. The van der Waals surface area contributed by atoms with E-state index in [-0.39, 0.29) is 43.9 Å². The zero-order valence-electron chi connectivity index (χ0n) is 53.8. The van der Waals surface area contributed by atoms with E-state index in [1.165, 1.54) is 45.0 Å². The normalized spacial score (nSPS) is 21.0. The molecule has 1 aromatic rings. The van der Waals surface area contributed by atoms with Gasteiger partial charge < -0.3 is 119 Å². The first kappa shape index (κ1) is 80.0. The predicted octanol–water partition coefficient (Wildman–Crippen LogP) is -9.41. The fourth-order valence-electron chi connectivity index (χ4n) is 9.94. The highest BCUT2D eigenvalue weighted by molar-refractivity contribution is 5.99. The highest BCUT2D eigenvalue weighted by Gasteiger charge is 2.47. The molecule has 2 fully saturated rings. The minimum atomic E-state index is -2.07. The highest BCUT2D eigenvalue weighted by Crippen LogP contribution is 2.24. The molecule has 0 aliphatic carbocycles. The van der Waals surface area contributed by atoms with Crippen LogP contribution in [0.3, 0.4) is 0 Å². The monoisotopic (exact) mass is 1340 g/mol. The molecule has 1 aromatic carbocycles. The van der Waals surface area contributed by atoms with Crippen molar-refractivity contribution in [2.24, 2.45) is 23.5 Å².